The highest BCUT2D eigenvalue weighted by Gasteiger charge is 2.40. The Labute approximate surface area is 340 Å². The number of nitrogens with zero attached hydrogens (tertiary/aromatic N) is 1. The van der Waals surface area contributed by atoms with Crippen LogP contribution in [-0.4, -0.2) is 43.7 Å². The molecule has 0 amide bonds. The largest absolute Gasteiger partial charge is 0.466 e. The normalized spacial score (nSPS) is 15.2. The molecular weight excluding hydrogens is 687 g/mol. The van der Waals surface area contributed by atoms with Crippen molar-refractivity contribution in [2.24, 2.45) is 11.8 Å². The van der Waals surface area contributed by atoms with Gasteiger partial charge < -0.3 is 18.9 Å². The number of esters is 2. The predicted molar refractivity (Wildman–Crippen MR) is 228 cm³/mol. The minimum absolute atomic E-state index is 0.000280. The molecule has 0 bridgehead atoms. The summed E-state index contributed by atoms with van der Waals surface area (Å²) in [6.07, 6.45) is 36.9. The van der Waals surface area contributed by atoms with Crippen LogP contribution in [0.15, 0.2) is 0 Å². The van der Waals surface area contributed by atoms with Crippen LogP contribution in [-0.2, 0) is 28.5 Å². The van der Waals surface area contributed by atoms with Gasteiger partial charge >= 0.3 is 11.9 Å². The second kappa shape index (κ2) is 36.7. The van der Waals surface area contributed by atoms with E-state index >= 15 is 0 Å². The Morgan fingerprint density at radius 1 is 0.582 bits per heavy atom. The van der Waals surface area contributed by atoms with E-state index in [2.05, 4.69) is 33.8 Å². The van der Waals surface area contributed by atoms with Crippen LogP contribution < -0.4 is 0 Å². The van der Waals surface area contributed by atoms with Crippen molar-refractivity contribution in [1.82, 2.24) is 0 Å². The van der Waals surface area contributed by atoms with Crippen molar-refractivity contribution in [3.63, 3.8) is 0 Å². The highest BCUT2D eigenvalue weighted by atomic mass is 16.7. The molecule has 0 aromatic rings. The van der Waals surface area contributed by atoms with Crippen molar-refractivity contribution in [2.75, 3.05) is 19.8 Å². The Bertz CT molecular complexity index is 858. The molecule has 1 unspecified atom stereocenters. The SMILES string of the molecule is CCCCCC(CCCCC)CC(=O)OCCCCCCCCC1(CCCCCCCCOC(=O)CC(CCCCC)CCCCC)OCC(CCC#N)O1. The van der Waals surface area contributed by atoms with Crippen molar-refractivity contribution in [1.29, 1.82) is 5.26 Å². The van der Waals surface area contributed by atoms with Gasteiger partial charge in [-0.2, -0.15) is 5.26 Å². The number of carbonyl (C=O) groups excluding carboxylic acids is 2. The maximum atomic E-state index is 12.5. The molecule has 55 heavy (non-hydrogen) atoms. The van der Waals surface area contributed by atoms with Gasteiger partial charge in [-0.1, -0.05) is 156 Å². The van der Waals surface area contributed by atoms with Crippen LogP contribution in [0.2, 0.25) is 0 Å². The van der Waals surface area contributed by atoms with Crippen LogP contribution in [0, 0.1) is 23.2 Å². The van der Waals surface area contributed by atoms with Gasteiger partial charge in [0.1, 0.15) is 0 Å². The average Bonchev–Trinajstić information content (AvgIpc) is 3.58. The van der Waals surface area contributed by atoms with Gasteiger partial charge in [0, 0.05) is 32.1 Å². The summed E-state index contributed by atoms with van der Waals surface area (Å²) in [5.74, 6) is 0.472. The first-order chi connectivity index (χ1) is 26.9. The molecule has 0 aromatic carbocycles. The van der Waals surface area contributed by atoms with E-state index in [9.17, 15) is 9.59 Å². The molecule has 1 aliphatic heterocycles. The second-order valence-electron chi connectivity index (χ2n) is 17.0. The lowest BCUT2D eigenvalue weighted by molar-refractivity contribution is -0.179. The molecular formula is C48H89NO6. The Balaban J connectivity index is 2.26. The lowest BCUT2D eigenvalue weighted by Gasteiger charge is -2.28. The molecule has 1 rings (SSSR count). The van der Waals surface area contributed by atoms with Crippen molar-refractivity contribution in [3.8, 4) is 6.07 Å². The third-order valence-corrected chi connectivity index (χ3v) is 11.7. The van der Waals surface area contributed by atoms with Crippen molar-refractivity contribution in [2.45, 2.75) is 258 Å². The fraction of sp³-hybridized carbons (Fsp3) is 0.938. The summed E-state index contributed by atoms with van der Waals surface area (Å²) in [5.41, 5.74) is 0. The zero-order valence-corrected chi connectivity index (χ0v) is 36.8. The molecule has 1 aliphatic rings. The molecule has 0 saturated carbocycles. The molecule has 0 N–H and O–H groups in total. The molecule has 322 valence electrons. The fourth-order valence-corrected chi connectivity index (χ4v) is 8.17. The van der Waals surface area contributed by atoms with E-state index in [1.54, 1.807) is 0 Å². The smallest absolute Gasteiger partial charge is 0.306 e. The minimum Gasteiger partial charge on any atom is -0.466 e. The Morgan fingerprint density at radius 2 is 0.964 bits per heavy atom. The third-order valence-electron chi connectivity index (χ3n) is 11.7. The topological polar surface area (TPSA) is 94.9 Å². The van der Waals surface area contributed by atoms with E-state index in [0.717, 1.165) is 109 Å². The van der Waals surface area contributed by atoms with Crippen LogP contribution in [0.1, 0.15) is 246 Å². The number of hydrogen-bond acceptors (Lipinski definition) is 7. The van der Waals surface area contributed by atoms with E-state index in [1.165, 1.54) is 89.9 Å². The summed E-state index contributed by atoms with van der Waals surface area (Å²) in [5, 5.41) is 9.08. The molecule has 0 aliphatic carbocycles. The average molecular weight is 776 g/mol. The number of ether oxygens (including phenoxy) is 4. The van der Waals surface area contributed by atoms with Crippen LogP contribution in [0.4, 0.5) is 0 Å². The molecule has 7 heteroatoms. The number of nitriles is 1. The summed E-state index contributed by atoms with van der Waals surface area (Å²) < 4.78 is 24.2. The maximum Gasteiger partial charge on any atom is 0.306 e. The van der Waals surface area contributed by atoms with Crippen molar-refractivity contribution < 1.29 is 28.5 Å². The van der Waals surface area contributed by atoms with Gasteiger partial charge in [0.05, 0.1) is 32.0 Å². The van der Waals surface area contributed by atoms with Gasteiger partial charge in [-0.3, -0.25) is 9.59 Å². The van der Waals surface area contributed by atoms with Gasteiger partial charge in [-0.15, -0.1) is 0 Å². The Morgan fingerprint density at radius 3 is 1.35 bits per heavy atom. The molecule has 1 heterocycles. The molecule has 1 fully saturated rings. The number of hydrogen-bond donors (Lipinski definition) is 0. The van der Waals surface area contributed by atoms with Crippen LogP contribution in [0.25, 0.3) is 0 Å². The number of carbonyl (C=O) groups is 2. The van der Waals surface area contributed by atoms with Gasteiger partial charge in [0.2, 0.25) is 0 Å². The highest BCUT2D eigenvalue weighted by molar-refractivity contribution is 5.70. The van der Waals surface area contributed by atoms with Crippen LogP contribution >= 0.6 is 0 Å². The quantitative estimate of drug-likeness (QED) is 0.0452. The van der Waals surface area contributed by atoms with Crippen LogP contribution in [0.3, 0.4) is 0 Å². The summed E-state index contributed by atoms with van der Waals surface area (Å²) >= 11 is 0. The molecule has 0 spiro atoms. The minimum atomic E-state index is -0.502. The fourth-order valence-electron chi connectivity index (χ4n) is 8.17. The van der Waals surface area contributed by atoms with E-state index in [-0.39, 0.29) is 18.0 Å². The van der Waals surface area contributed by atoms with Gasteiger partial charge in [-0.05, 0) is 69.6 Å². The number of unbranched alkanes of at least 4 members (excludes halogenated alkanes) is 18. The second-order valence-corrected chi connectivity index (χ2v) is 17.0. The highest BCUT2D eigenvalue weighted by Crippen LogP contribution is 2.36. The molecule has 7 nitrogen and oxygen atoms in total. The Kier molecular flexibility index (Phi) is 34.3. The maximum absolute atomic E-state index is 12.5. The summed E-state index contributed by atoms with van der Waals surface area (Å²) in [6, 6.07) is 2.26. The lowest BCUT2D eigenvalue weighted by atomic mass is 9.92. The monoisotopic (exact) mass is 776 g/mol. The van der Waals surface area contributed by atoms with E-state index in [1.807, 2.05) is 0 Å². The molecule has 1 saturated heterocycles. The molecule has 0 radical (unpaired) electrons. The first kappa shape index (κ1) is 51.4. The van der Waals surface area contributed by atoms with Crippen LogP contribution in [0.5, 0.6) is 0 Å². The molecule has 0 aromatic heterocycles. The number of rotatable bonds is 40. The standard InChI is InChI=1S/C48H89NO6/c1-5-9-21-30-43(31-22-10-6-2)40-46(50)52-38-27-19-15-13-17-25-35-48(54-42-45(55-48)34-29-37-49)36-26-18-14-16-20-28-39-53-47(51)41-44(32-23-11-7-3)33-24-12-8-4/h43-45H,5-36,38-42H2,1-4H3. The third kappa shape index (κ3) is 29.3. The summed E-state index contributed by atoms with van der Waals surface area (Å²) in [4.78, 5) is 25.0. The van der Waals surface area contributed by atoms with Gasteiger partial charge in [0.25, 0.3) is 0 Å². The van der Waals surface area contributed by atoms with E-state index in [4.69, 9.17) is 24.2 Å². The molecule has 1 atom stereocenters. The summed E-state index contributed by atoms with van der Waals surface area (Å²) in [6.45, 7) is 10.6. The van der Waals surface area contributed by atoms with E-state index < -0.39 is 5.79 Å². The van der Waals surface area contributed by atoms with Crippen molar-refractivity contribution in [3.05, 3.63) is 0 Å². The Hall–Kier alpha value is -1.65. The predicted octanol–water partition coefficient (Wildman–Crippen LogP) is 14.3. The van der Waals surface area contributed by atoms with E-state index in [0.29, 0.717) is 50.9 Å². The first-order valence-corrected chi connectivity index (χ1v) is 23.9. The zero-order chi connectivity index (χ0) is 40.1. The van der Waals surface area contributed by atoms with Gasteiger partial charge in [-0.25, -0.2) is 0 Å². The van der Waals surface area contributed by atoms with Gasteiger partial charge in [0.15, 0.2) is 5.79 Å². The summed E-state index contributed by atoms with van der Waals surface area (Å²) in [7, 11) is 0. The zero-order valence-electron chi connectivity index (χ0n) is 36.8. The van der Waals surface area contributed by atoms with Crippen molar-refractivity contribution >= 4 is 11.9 Å². The first-order valence-electron chi connectivity index (χ1n) is 23.9. The lowest BCUT2D eigenvalue weighted by Crippen LogP contribution is -2.31.